The van der Waals surface area contributed by atoms with E-state index in [2.05, 4.69) is 29.6 Å². The maximum Gasteiger partial charge on any atom is 0.0928 e. The van der Waals surface area contributed by atoms with Crippen LogP contribution in [0.25, 0.3) is 0 Å². The lowest BCUT2D eigenvalue weighted by molar-refractivity contribution is 0.175. The fraction of sp³-hybridized carbons (Fsp3) is 0.786. The lowest BCUT2D eigenvalue weighted by Gasteiger charge is -2.31. The van der Waals surface area contributed by atoms with E-state index in [1.165, 1.54) is 49.6 Å². The quantitative estimate of drug-likeness (QED) is 0.858. The molecule has 1 N–H and O–H groups in total. The molecule has 1 aromatic rings. The number of aromatic nitrogens is 1. The second kappa shape index (κ2) is 7.22. The molecule has 1 fully saturated rings. The molecule has 0 atom stereocenters. The highest BCUT2D eigenvalue weighted by Crippen LogP contribution is 2.19. The first-order valence-electron chi connectivity index (χ1n) is 7.12. The van der Waals surface area contributed by atoms with Gasteiger partial charge in [-0.15, -0.1) is 11.3 Å². The normalized spacial score (nSPS) is 18.3. The monoisotopic (exact) mass is 267 g/mol. The highest BCUT2D eigenvalue weighted by atomic mass is 32.1. The predicted octanol–water partition coefficient (Wildman–Crippen LogP) is 2.53. The van der Waals surface area contributed by atoms with Crippen LogP contribution in [0, 0.1) is 5.92 Å². The van der Waals surface area contributed by atoms with Crippen LogP contribution in [0.15, 0.2) is 5.38 Å². The van der Waals surface area contributed by atoms with E-state index in [1.54, 1.807) is 0 Å². The maximum absolute atomic E-state index is 4.71. The minimum absolute atomic E-state index is 0.873. The van der Waals surface area contributed by atoms with Gasteiger partial charge in [-0.25, -0.2) is 4.98 Å². The summed E-state index contributed by atoms with van der Waals surface area (Å²) in [5.74, 6) is 0.873. The largest absolute Gasteiger partial charge is 0.319 e. The summed E-state index contributed by atoms with van der Waals surface area (Å²) in [5.41, 5.74) is 1.27. The van der Waals surface area contributed by atoms with Crippen molar-refractivity contribution in [2.45, 2.75) is 39.2 Å². The van der Waals surface area contributed by atoms with Gasteiger partial charge >= 0.3 is 0 Å². The molecule has 0 saturated carbocycles. The van der Waals surface area contributed by atoms with E-state index < -0.39 is 0 Å². The molecule has 1 saturated heterocycles. The molecule has 0 unspecified atom stereocenters. The average molecular weight is 267 g/mol. The van der Waals surface area contributed by atoms with Gasteiger partial charge in [-0.1, -0.05) is 6.92 Å². The first-order valence-corrected chi connectivity index (χ1v) is 8.00. The van der Waals surface area contributed by atoms with Crippen LogP contribution < -0.4 is 5.32 Å². The Bertz CT molecular complexity index is 343. The van der Waals surface area contributed by atoms with E-state index in [9.17, 15) is 0 Å². The third-order valence-electron chi connectivity index (χ3n) is 3.65. The fourth-order valence-electron chi connectivity index (χ4n) is 2.62. The molecule has 0 aliphatic carbocycles. The third kappa shape index (κ3) is 4.04. The van der Waals surface area contributed by atoms with Crippen molar-refractivity contribution in [1.82, 2.24) is 15.2 Å². The number of nitrogens with zero attached hydrogens (tertiary/aromatic N) is 2. The minimum Gasteiger partial charge on any atom is -0.319 e. The van der Waals surface area contributed by atoms with Gasteiger partial charge in [-0.2, -0.15) is 0 Å². The highest BCUT2D eigenvalue weighted by Gasteiger charge is 2.19. The number of thiazole rings is 1. The smallest absolute Gasteiger partial charge is 0.0928 e. The van der Waals surface area contributed by atoms with Crippen LogP contribution in [-0.4, -0.2) is 36.6 Å². The second-order valence-corrected chi connectivity index (χ2v) is 6.20. The van der Waals surface area contributed by atoms with Crippen molar-refractivity contribution < 1.29 is 0 Å². The van der Waals surface area contributed by atoms with Gasteiger partial charge in [-0.3, -0.25) is 4.90 Å². The fourth-order valence-corrected chi connectivity index (χ4v) is 3.51. The van der Waals surface area contributed by atoms with Gasteiger partial charge < -0.3 is 5.32 Å². The molecule has 1 aromatic heterocycles. The molecule has 0 spiro atoms. The topological polar surface area (TPSA) is 28.2 Å². The molecule has 1 aliphatic heterocycles. The molecule has 0 radical (unpaired) electrons. The van der Waals surface area contributed by atoms with Crippen LogP contribution in [0.2, 0.25) is 0 Å². The van der Waals surface area contributed by atoms with Crippen molar-refractivity contribution in [2.24, 2.45) is 5.92 Å². The number of aryl methyl sites for hydroxylation is 1. The van der Waals surface area contributed by atoms with E-state index in [0.717, 1.165) is 18.9 Å². The van der Waals surface area contributed by atoms with Crippen molar-refractivity contribution in [3.8, 4) is 0 Å². The Hall–Kier alpha value is -0.450. The summed E-state index contributed by atoms with van der Waals surface area (Å²) in [6, 6.07) is 0. The van der Waals surface area contributed by atoms with E-state index >= 15 is 0 Å². The summed E-state index contributed by atoms with van der Waals surface area (Å²) in [4.78, 5) is 7.27. The van der Waals surface area contributed by atoms with Gasteiger partial charge in [-0.05, 0) is 58.3 Å². The summed E-state index contributed by atoms with van der Waals surface area (Å²) >= 11 is 1.82. The van der Waals surface area contributed by atoms with Crippen LogP contribution >= 0.6 is 11.3 Å². The Morgan fingerprint density at radius 3 is 2.89 bits per heavy atom. The summed E-state index contributed by atoms with van der Waals surface area (Å²) in [7, 11) is 2.05. The molecule has 1 aliphatic rings. The van der Waals surface area contributed by atoms with Gasteiger partial charge in [0.1, 0.15) is 0 Å². The molecule has 0 aromatic carbocycles. The zero-order valence-electron chi connectivity index (χ0n) is 11.6. The van der Waals surface area contributed by atoms with Crippen LogP contribution in [0.4, 0.5) is 0 Å². The van der Waals surface area contributed by atoms with Crippen LogP contribution in [0.3, 0.4) is 0 Å². The molecule has 0 bridgehead atoms. The van der Waals surface area contributed by atoms with E-state index in [4.69, 9.17) is 4.98 Å². The summed E-state index contributed by atoms with van der Waals surface area (Å²) < 4.78 is 0. The third-order valence-corrected chi connectivity index (χ3v) is 4.61. The van der Waals surface area contributed by atoms with E-state index in [0.29, 0.717) is 0 Å². The molecular weight excluding hydrogens is 242 g/mol. The number of hydrogen-bond donors (Lipinski definition) is 1. The average Bonchev–Trinajstić information content (AvgIpc) is 2.80. The molecule has 0 amide bonds. The number of likely N-dealkylation sites (tertiary alicyclic amines) is 1. The zero-order chi connectivity index (χ0) is 12.8. The van der Waals surface area contributed by atoms with Gasteiger partial charge in [0.25, 0.3) is 0 Å². The molecular formula is C14H25N3S. The molecule has 102 valence electrons. The van der Waals surface area contributed by atoms with Crippen LogP contribution in [-0.2, 0) is 13.0 Å². The Morgan fingerprint density at radius 2 is 2.22 bits per heavy atom. The van der Waals surface area contributed by atoms with Gasteiger partial charge in [0.15, 0.2) is 0 Å². The van der Waals surface area contributed by atoms with E-state index in [-0.39, 0.29) is 0 Å². The first kappa shape index (κ1) is 14.0. The molecule has 3 nitrogen and oxygen atoms in total. The lowest BCUT2D eigenvalue weighted by Crippen LogP contribution is -2.36. The van der Waals surface area contributed by atoms with E-state index in [1.807, 2.05) is 11.3 Å². The van der Waals surface area contributed by atoms with Crippen molar-refractivity contribution in [3.05, 3.63) is 16.1 Å². The van der Waals surface area contributed by atoms with Crippen molar-refractivity contribution in [1.29, 1.82) is 0 Å². The SMILES string of the molecule is CCCc1nc(CN2CCC(CNC)CC2)cs1. The molecule has 2 rings (SSSR count). The van der Waals surface area contributed by atoms with Gasteiger partial charge in [0, 0.05) is 11.9 Å². The van der Waals surface area contributed by atoms with Crippen molar-refractivity contribution >= 4 is 11.3 Å². The van der Waals surface area contributed by atoms with Crippen LogP contribution in [0.1, 0.15) is 36.9 Å². The Kier molecular flexibility index (Phi) is 5.60. The number of hydrogen-bond acceptors (Lipinski definition) is 4. The molecule has 2 heterocycles. The zero-order valence-corrected chi connectivity index (χ0v) is 12.4. The second-order valence-electron chi connectivity index (χ2n) is 5.26. The Balaban J connectivity index is 1.76. The first-order chi connectivity index (χ1) is 8.81. The van der Waals surface area contributed by atoms with Crippen LogP contribution in [0.5, 0.6) is 0 Å². The summed E-state index contributed by atoms with van der Waals surface area (Å²) in [5, 5.41) is 6.83. The minimum atomic E-state index is 0.873. The Labute approximate surface area is 115 Å². The molecule has 18 heavy (non-hydrogen) atoms. The van der Waals surface area contributed by atoms with Gasteiger partial charge in [0.05, 0.1) is 10.7 Å². The predicted molar refractivity (Wildman–Crippen MR) is 78.0 cm³/mol. The number of piperidine rings is 1. The summed E-state index contributed by atoms with van der Waals surface area (Å²) in [6.07, 6.45) is 4.98. The lowest BCUT2D eigenvalue weighted by atomic mass is 9.97. The number of rotatable bonds is 6. The highest BCUT2D eigenvalue weighted by molar-refractivity contribution is 7.09. The number of nitrogens with one attached hydrogen (secondary N) is 1. The van der Waals surface area contributed by atoms with Crippen molar-refractivity contribution in [2.75, 3.05) is 26.7 Å². The van der Waals surface area contributed by atoms with Gasteiger partial charge in [0.2, 0.25) is 0 Å². The summed E-state index contributed by atoms with van der Waals surface area (Å²) in [6.45, 7) is 6.89. The maximum atomic E-state index is 4.71. The van der Waals surface area contributed by atoms with Crippen molar-refractivity contribution in [3.63, 3.8) is 0 Å². The standard InChI is InChI=1S/C14H25N3S/c1-3-4-14-16-13(11-18-14)10-17-7-5-12(6-8-17)9-15-2/h11-12,15H,3-10H2,1-2H3. The Morgan fingerprint density at radius 1 is 1.44 bits per heavy atom. The molecule has 4 heteroatoms.